The molecule has 0 N–H and O–H groups in total. The molecule has 2 aliphatic heterocycles. The van der Waals surface area contributed by atoms with Crippen molar-refractivity contribution in [2.24, 2.45) is 11.8 Å². The van der Waals surface area contributed by atoms with Crippen molar-refractivity contribution in [1.82, 2.24) is 0 Å². The van der Waals surface area contributed by atoms with Crippen LogP contribution in [-0.2, 0) is 18.9 Å². The Morgan fingerprint density at radius 2 is 1.45 bits per heavy atom. The lowest BCUT2D eigenvalue weighted by atomic mass is 10.0. The van der Waals surface area contributed by atoms with Crippen LogP contribution in [0.3, 0.4) is 0 Å². The van der Waals surface area contributed by atoms with Gasteiger partial charge in [0.1, 0.15) is 0 Å². The summed E-state index contributed by atoms with van der Waals surface area (Å²) in [5, 5.41) is 0. The smallest absolute Gasteiger partial charge is 0.157 e. The molecule has 20 heavy (non-hydrogen) atoms. The summed E-state index contributed by atoms with van der Waals surface area (Å²) in [6.45, 7) is 7.33. The summed E-state index contributed by atoms with van der Waals surface area (Å²) in [5.74, 6) is 0.885. The van der Waals surface area contributed by atoms with Crippen LogP contribution in [0.1, 0.15) is 39.5 Å². The fourth-order valence-electron chi connectivity index (χ4n) is 2.63. The van der Waals surface area contributed by atoms with Crippen molar-refractivity contribution in [3.63, 3.8) is 0 Å². The average Bonchev–Trinajstić information content (AvgIpc) is 2.49. The molecule has 0 radical (unpaired) electrons. The minimum absolute atomic E-state index is 0.0139. The maximum Gasteiger partial charge on any atom is 0.157 e. The van der Waals surface area contributed by atoms with Crippen LogP contribution in [0.4, 0.5) is 0 Å². The molecule has 2 saturated heterocycles. The van der Waals surface area contributed by atoms with Gasteiger partial charge in [0.25, 0.3) is 0 Å². The standard InChI is InChI=1S/C16H28O4/c1-3-5-13-9-19-16(20-10-13)8-7-14-11-17-15(6-4-2)18-12-14/h3,5,13-16H,4,6-12H2,1-2H3/t13-,14-,15-,16-. The van der Waals surface area contributed by atoms with E-state index in [0.717, 1.165) is 52.1 Å². The lowest BCUT2D eigenvalue weighted by molar-refractivity contribution is -0.215. The lowest BCUT2D eigenvalue weighted by Gasteiger charge is -2.32. The third-order valence-electron chi connectivity index (χ3n) is 3.83. The molecular formula is C16H28O4. The Kier molecular flexibility index (Phi) is 7.00. The van der Waals surface area contributed by atoms with Gasteiger partial charge in [-0.3, -0.25) is 0 Å². The van der Waals surface area contributed by atoms with Crippen LogP contribution in [0.2, 0.25) is 0 Å². The number of allylic oxidation sites excluding steroid dienone is 1. The van der Waals surface area contributed by atoms with Crippen molar-refractivity contribution in [3.8, 4) is 0 Å². The zero-order chi connectivity index (χ0) is 14.2. The van der Waals surface area contributed by atoms with Gasteiger partial charge in [-0.2, -0.15) is 0 Å². The van der Waals surface area contributed by atoms with Crippen molar-refractivity contribution in [2.45, 2.75) is 52.1 Å². The summed E-state index contributed by atoms with van der Waals surface area (Å²) in [6.07, 6.45) is 8.23. The summed E-state index contributed by atoms with van der Waals surface area (Å²) in [5.41, 5.74) is 0. The zero-order valence-corrected chi connectivity index (χ0v) is 12.8. The van der Waals surface area contributed by atoms with Gasteiger partial charge in [-0.15, -0.1) is 0 Å². The quantitative estimate of drug-likeness (QED) is 0.702. The molecule has 2 fully saturated rings. The monoisotopic (exact) mass is 284 g/mol. The highest BCUT2D eigenvalue weighted by atomic mass is 16.7. The van der Waals surface area contributed by atoms with E-state index in [1.54, 1.807) is 0 Å². The molecule has 0 unspecified atom stereocenters. The third-order valence-corrected chi connectivity index (χ3v) is 3.83. The van der Waals surface area contributed by atoms with Crippen molar-refractivity contribution in [2.75, 3.05) is 26.4 Å². The molecule has 0 aliphatic carbocycles. The summed E-state index contributed by atoms with van der Waals surface area (Å²) in [7, 11) is 0. The Labute approximate surface area is 122 Å². The topological polar surface area (TPSA) is 36.9 Å². The molecule has 0 saturated carbocycles. The fourth-order valence-corrected chi connectivity index (χ4v) is 2.63. The largest absolute Gasteiger partial charge is 0.352 e. The Morgan fingerprint density at radius 1 is 0.850 bits per heavy atom. The van der Waals surface area contributed by atoms with E-state index in [-0.39, 0.29) is 12.6 Å². The van der Waals surface area contributed by atoms with Gasteiger partial charge in [-0.25, -0.2) is 0 Å². The van der Waals surface area contributed by atoms with Crippen molar-refractivity contribution >= 4 is 0 Å². The molecule has 116 valence electrons. The number of hydrogen-bond acceptors (Lipinski definition) is 4. The van der Waals surface area contributed by atoms with Crippen molar-refractivity contribution in [3.05, 3.63) is 12.2 Å². The molecule has 2 rings (SSSR count). The van der Waals surface area contributed by atoms with E-state index in [4.69, 9.17) is 18.9 Å². The average molecular weight is 284 g/mol. The molecule has 0 aromatic carbocycles. The molecule has 0 bridgehead atoms. The van der Waals surface area contributed by atoms with Crippen LogP contribution < -0.4 is 0 Å². The van der Waals surface area contributed by atoms with E-state index in [9.17, 15) is 0 Å². The Bertz CT molecular complexity index is 276. The third kappa shape index (κ3) is 5.17. The summed E-state index contributed by atoms with van der Waals surface area (Å²) >= 11 is 0. The minimum atomic E-state index is -0.0510. The highest BCUT2D eigenvalue weighted by Crippen LogP contribution is 2.22. The molecular weight excluding hydrogens is 256 g/mol. The van der Waals surface area contributed by atoms with E-state index in [0.29, 0.717) is 11.8 Å². The zero-order valence-electron chi connectivity index (χ0n) is 12.8. The Hall–Kier alpha value is -0.420. The van der Waals surface area contributed by atoms with Gasteiger partial charge in [-0.1, -0.05) is 25.5 Å². The van der Waals surface area contributed by atoms with Crippen LogP contribution in [0, 0.1) is 11.8 Å². The van der Waals surface area contributed by atoms with Gasteiger partial charge < -0.3 is 18.9 Å². The molecule has 2 heterocycles. The van der Waals surface area contributed by atoms with Gasteiger partial charge in [0.2, 0.25) is 0 Å². The molecule has 0 aromatic rings. The van der Waals surface area contributed by atoms with Crippen LogP contribution in [0.15, 0.2) is 12.2 Å². The Balaban J connectivity index is 1.58. The molecule has 2 aliphatic rings. The predicted octanol–water partition coefficient (Wildman–Crippen LogP) is 3.12. The van der Waals surface area contributed by atoms with Gasteiger partial charge in [0.15, 0.2) is 12.6 Å². The first-order valence-corrected chi connectivity index (χ1v) is 7.91. The highest BCUT2D eigenvalue weighted by molar-refractivity contribution is 4.86. The second-order valence-electron chi connectivity index (χ2n) is 5.71. The van der Waals surface area contributed by atoms with Crippen LogP contribution in [0.25, 0.3) is 0 Å². The maximum atomic E-state index is 5.74. The second kappa shape index (κ2) is 8.78. The lowest BCUT2D eigenvalue weighted by Crippen LogP contribution is -2.34. The SMILES string of the molecule is CC=C[C@H]1CO[C@H](CC[C@H]2CO[C@H](CCC)OC2)OC1. The van der Waals surface area contributed by atoms with E-state index in [2.05, 4.69) is 19.1 Å². The molecule has 0 spiro atoms. The van der Waals surface area contributed by atoms with E-state index in [1.807, 2.05) is 6.92 Å². The summed E-state index contributed by atoms with van der Waals surface area (Å²) in [6, 6.07) is 0. The number of ether oxygens (including phenoxy) is 4. The maximum absolute atomic E-state index is 5.74. The molecule has 0 atom stereocenters. The molecule has 4 nitrogen and oxygen atoms in total. The Morgan fingerprint density at radius 3 is 2.05 bits per heavy atom. The molecule has 4 heteroatoms. The first-order chi connectivity index (χ1) is 9.81. The van der Waals surface area contributed by atoms with E-state index in [1.165, 1.54) is 0 Å². The van der Waals surface area contributed by atoms with Crippen LogP contribution in [-0.4, -0.2) is 39.0 Å². The van der Waals surface area contributed by atoms with Gasteiger partial charge in [0, 0.05) is 11.8 Å². The van der Waals surface area contributed by atoms with Crippen molar-refractivity contribution in [1.29, 1.82) is 0 Å². The number of hydrogen-bond donors (Lipinski definition) is 0. The first kappa shape index (κ1) is 16.0. The normalized spacial score (nSPS) is 35.5. The fraction of sp³-hybridized carbons (Fsp3) is 0.875. The van der Waals surface area contributed by atoms with Gasteiger partial charge >= 0.3 is 0 Å². The summed E-state index contributed by atoms with van der Waals surface area (Å²) in [4.78, 5) is 0. The van der Waals surface area contributed by atoms with E-state index >= 15 is 0 Å². The van der Waals surface area contributed by atoms with Crippen LogP contribution in [0.5, 0.6) is 0 Å². The van der Waals surface area contributed by atoms with E-state index < -0.39 is 0 Å². The summed E-state index contributed by atoms with van der Waals surface area (Å²) < 4.78 is 22.9. The second-order valence-corrected chi connectivity index (χ2v) is 5.71. The first-order valence-electron chi connectivity index (χ1n) is 7.91. The number of rotatable bonds is 6. The predicted molar refractivity (Wildman–Crippen MR) is 77.3 cm³/mol. The van der Waals surface area contributed by atoms with Crippen molar-refractivity contribution < 1.29 is 18.9 Å². The van der Waals surface area contributed by atoms with Gasteiger partial charge in [0.05, 0.1) is 26.4 Å². The molecule has 0 aromatic heterocycles. The highest BCUT2D eigenvalue weighted by Gasteiger charge is 2.25. The molecule has 0 amide bonds. The van der Waals surface area contributed by atoms with Gasteiger partial charge in [-0.05, 0) is 26.2 Å². The van der Waals surface area contributed by atoms with Crippen LogP contribution >= 0.6 is 0 Å². The minimum Gasteiger partial charge on any atom is -0.352 e.